The first-order chi connectivity index (χ1) is 8.30. The van der Waals surface area contributed by atoms with Gasteiger partial charge >= 0.3 is 0 Å². The molecule has 0 spiro atoms. The van der Waals surface area contributed by atoms with E-state index in [0.29, 0.717) is 11.1 Å². The van der Waals surface area contributed by atoms with Crippen molar-refractivity contribution in [2.45, 2.75) is 33.7 Å². The molecule has 1 N–H and O–H groups in total. The predicted octanol–water partition coefficient (Wildman–Crippen LogP) is 2.72. The van der Waals surface area contributed by atoms with Crippen molar-refractivity contribution < 1.29 is 4.79 Å². The highest BCUT2D eigenvalue weighted by Gasteiger charge is 2.65. The predicted molar refractivity (Wildman–Crippen MR) is 70.0 cm³/mol. The van der Waals surface area contributed by atoms with Gasteiger partial charge in [-0.2, -0.15) is 5.26 Å². The summed E-state index contributed by atoms with van der Waals surface area (Å²) in [6.45, 7) is 8.63. The van der Waals surface area contributed by atoms with Crippen LogP contribution in [0.25, 0.3) is 0 Å². The van der Waals surface area contributed by atoms with Crippen LogP contribution in [0.2, 0.25) is 0 Å². The molecule has 0 atom stereocenters. The summed E-state index contributed by atoms with van der Waals surface area (Å²) in [5.74, 6) is -0.101. The van der Waals surface area contributed by atoms with Crippen molar-refractivity contribution in [1.29, 1.82) is 5.26 Å². The number of hydrogen-bond donors (Lipinski definition) is 1. The Balaban J connectivity index is 2.13. The zero-order valence-electron chi connectivity index (χ0n) is 11.2. The van der Waals surface area contributed by atoms with Gasteiger partial charge in [0.2, 0.25) is 0 Å². The molecule has 2 rings (SSSR count). The molecule has 3 nitrogen and oxygen atoms in total. The first kappa shape index (κ1) is 12.6. The molecule has 1 aromatic carbocycles. The topological polar surface area (TPSA) is 52.9 Å². The molecule has 0 heterocycles. The van der Waals surface area contributed by atoms with Crippen LogP contribution in [0.5, 0.6) is 0 Å². The third kappa shape index (κ3) is 1.78. The molecular weight excluding hydrogens is 224 g/mol. The largest absolute Gasteiger partial charge is 0.348 e. The van der Waals surface area contributed by atoms with E-state index in [0.717, 1.165) is 0 Å². The number of rotatable bonds is 2. The number of carbonyl (C=O) groups is 1. The average Bonchev–Trinajstić information content (AvgIpc) is 2.71. The second-order valence-electron chi connectivity index (χ2n) is 6.04. The Morgan fingerprint density at radius 3 is 2.39 bits per heavy atom. The molecule has 3 heteroatoms. The Bertz CT molecular complexity index is 524. The maximum atomic E-state index is 12.1. The third-order valence-corrected chi connectivity index (χ3v) is 4.55. The van der Waals surface area contributed by atoms with Crippen molar-refractivity contribution >= 4 is 5.91 Å². The van der Waals surface area contributed by atoms with E-state index >= 15 is 0 Å². The van der Waals surface area contributed by atoms with Gasteiger partial charge in [0.05, 0.1) is 11.6 Å². The average molecular weight is 242 g/mol. The number of nitrogens with one attached hydrogen (secondary N) is 1. The van der Waals surface area contributed by atoms with Crippen molar-refractivity contribution in [2.75, 3.05) is 0 Å². The van der Waals surface area contributed by atoms with E-state index in [9.17, 15) is 4.79 Å². The summed E-state index contributed by atoms with van der Waals surface area (Å²) in [7, 11) is 0. The van der Waals surface area contributed by atoms with E-state index in [1.165, 1.54) is 0 Å². The maximum Gasteiger partial charge on any atom is 0.251 e. The van der Waals surface area contributed by atoms with Crippen LogP contribution in [0.1, 0.15) is 43.6 Å². The number of nitriles is 1. The fraction of sp³-hybridized carbons (Fsp3) is 0.467. The van der Waals surface area contributed by atoms with Crippen molar-refractivity contribution in [1.82, 2.24) is 5.32 Å². The Hall–Kier alpha value is -1.82. The first-order valence-electron chi connectivity index (χ1n) is 6.12. The Morgan fingerprint density at radius 2 is 1.89 bits per heavy atom. The summed E-state index contributed by atoms with van der Waals surface area (Å²) in [6.07, 6.45) is 0. The van der Waals surface area contributed by atoms with Gasteiger partial charge in [0.1, 0.15) is 0 Å². The summed E-state index contributed by atoms with van der Waals surface area (Å²) in [6, 6.07) is 9.01. The lowest BCUT2D eigenvalue weighted by atomic mass is 10.0. The van der Waals surface area contributed by atoms with Crippen LogP contribution in [-0.4, -0.2) is 11.9 Å². The minimum absolute atomic E-state index is 0.101. The maximum absolute atomic E-state index is 12.1. The standard InChI is InChI=1S/C15H18N2O/c1-14(2)13(15(14,3)4)17-12(18)11-7-5-6-10(8-11)9-16/h5-8,13H,1-4H3,(H,17,18). The summed E-state index contributed by atoms with van der Waals surface area (Å²) >= 11 is 0. The van der Waals surface area contributed by atoms with Crippen LogP contribution in [0.15, 0.2) is 24.3 Å². The van der Waals surface area contributed by atoms with Gasteiger partial charge in [0.15, 0.2) is 0 Å². The minimum Gasteiger partial charge on any atom is -0.348 e. The van der Waals surface area contributed by atoms with Crippen molar-refractivity contribution in [2.24, 2.45) is 10.8 Å². The lowest BCUT2D eigenvalue weighted by molar-refractivity contribution is 0.0943. The van der Waals surface area contributed by atoms with E-state index in [1.54, 1.807) is 24.3 Å². The van der Waals surface area contributed by atoms with Crippen LogP contribution in [0.4, 0.5) is 0 Å². The number of nitrogens with zero attached hydrogens (tertiary/aromatic N) is 1. The fourth-order valence-corrected chi connectivity index (χ4v) is 2.50. The normalized spacial score (nSPS) is 19.9. The Labute approximate surface area is 108 Å². The van der Waals surface area contributed by atoms with Crippen LogP contribution in [-0.2, 0) is 0 Å². The van der Waals surface area contributed by atoms with E-state index in [1.807, 2.05) is 6.07 Å². The molecule has 1 aromatic rings. The van der Waals surface area contributed by atoms with Crippen molar-refractivity contribution in [3.05, 3.63) is 35.4 Å². The molecule has 94 valence electrons. The Kier molecular flexibility index (Phi) is 2.70. The van der Waals surface area contributed by atoms with Gasteiger partial charge in [-0.1, -0.05) is 33.8 Å². The second-order valence-corrected chi connectivity index (χ2v) is 6.04. The smallest absolute Gasteiger partial charge is 0.251 e. The quantitative estimate of drug-likeness (QED) is 0.867. The zero-order valence-corrected chi connectivity index (χ0v) is 11.2. The molecule has 0 bridgehead atoms. The Morgan fingerprint density at radius 1 is 1.28 bits per heavy atom. The lowest BCUT2D eigenvalue weighted by Crippen LogP contribution is -2.29. The monoisotopic (exact) mass is 242 g/mol. The molecule has 1 saturated carbocycles. The van der Waals surface area contributed by atoms with Crippen LogP contribution in [0.3, 0.4) is 0 Å². The highest BCUT2D eigenvalue weighted by atomic mass is 16.1. The first-order valence-corrected chi connectivity index (χ1v) is 6.12. The number of benzene rings is 1. The second kappa shape index (κ2) is 3.84. The SMILES string of the molecule is CC1(C)C(NC(=O)c2cccc(C#N)c2)C1(C)C. The van der Waals surface area contributed by atoms with E-state index in [-0.39, 0.29) is 22.8 Å². The molecule has 0 saturated heterocycles. The van der Waals surface area contributed by atoms with Crippen LogP contribution < -0.4 is 5.32 Å². The van der Waals surface area contributed by atoms with Gasteiger partial charge in [-0.15, -0.1) is 0 Å². The molecule has 0 aromatic heterocycles. The van der Waals surface area contributed by atoms with Gasteiger partial charge < -0.3 is 5.32 Å². The van der Waals surface area contributed by atoms with Crippen LogP contribution in [0, 0.1) is 22.2 Å². The van der Waals surface area contributed by atoms with Gasteiger partial charge in [-0.3, -0.25) is 4.79 Å². The van der Waals surface area contributed by atoms with E-state index < -0.39 is 0 Å². The van der Waals surface area contributed by atoms with Gasteiger partial charge in [-0.05, 0) is 29.0 Å². The van der Waals surface area contributed by atoms with Crippen molar-refractivity contribution in [3.8, 4) is 6.07 Å². The lowest BCUT2D eigenvalue weighted by Gasteiger charge is -2.07. The summed E-state index contributed by atoms with van der Waals surface area (Å²) < 4.78 is 0. The number of carbonyl (C=O) groups excluding carboxylic acids is 1. The minimum atomic E-state index is -0.101. The fourth-order valence-electron chi connectivity index (χ4n) is 2.50. The highest BCUT2D eigenvalue weighted by Crippen LogP contribution is 2.62. The summed E-state index contributed by atoms with van der Waals surface area (Å²) in [5, 5.41) is 11.9. The molecular formula is C15H18N2O. The van der Waals surface area contributed by atoms with Crippen molar-refractivity contribution in [3.63, 3.8) is 0 Å². The molecule has 0 aliphatic heterocycles. The molecule has 0 unspecified atom stereocenters. The highest BCUT2D eigenvalue weighted by molar-refractivity contribution is 5.95. The zero-order chi connectivity index (χ0) is 13.6. The number of amides is 1. The summed E-state index contributed by atoms with van der Waals surface area (Å²) in [4.78, 5) is 12.1. The van der Waals surface area contributed by atoms with E-state index in [4.69, 9.17) is 5.26 Å². The molecule has 1 amide bonds. The molecule has 1 fully saturated rings. The molecule has 0 radical (unpaired) electrons. The van der Waals surface area contributed by atoms with Crippen LogP contribution >= 0.6 is 0 Å². The van der Waals surface area contributed by atoms with Gasteiger partial charge in [0, 0.05) is 11.6 Å². The molecule has 1 aliphatic carbocycles. The summed E-state index contributed by atoms with van der Waals surface area (Å²) in [5.41, 5.74) is 1.30. The number of hydrogen-bond acceptors (Lipinski definition) is 2. The third-order valence-electron chi connectivity index (χ3n) is 4.55. The molecule has 1 aliphatic rings. The van der Waals surface area contributed by atoms with Gasteiger partial charge in [-0.25, -0.2) is 0 Å². The van der Waals surface area contributed by atoms with Gasteiger partial charge in [0.25, 0.3) is 5.91 Å². The molecule has 18 heavy (non-hydrogen) atoms. The van der Waals surface area contributed by atoms with E-state index in [2.05, 4.69) is 33.0 Å².